The number of amides is 1. The van der Waals surface area contributed by atoms with Gasteiger partial charge in [-0.15, -0.1) is 0 Å². The van der Waals surface area contributed by atoms with Crippen LogP contribution in [0.4, 0.5) is 11.4 Å². The average molecular weight is 235 g/mol. The van der Waals surface area contributed by atoms with Crippen LogP contribution in [0.15, 0.2) is 18.2 Å². The molecule has 0 heterocycles. The third-order valence-electron chi connectivity index (χ3n) is 2.36. The van der Waals surface area contributed by atoms with Crippen molar-refractivity contribution in [3.63, 3.8) is 0 Å². The molecule has 0 radical (unpaired) electrons. The van der Waals surface area contributed by atoms with Crippen molar-refractivity contribution in [1.82, 2.24) is 5.32 Å². The molecular weight excluding hydrogens is 214 g/mol. The Morgan fingerprint density at radius 1 is 1.41 bits per heavy atom. The summed E-state index contributed by atoms with van der Waals surface area (Å²) in [5, 5.41) is 2.86. The third-order valence-corrected chi connectivity index (χ3v) is 2.36. The molecule has 1 aromatic rings. The molecule has 0 aliphatic carbocycles. The Kier molecular flexibility index (Phi) is 4.37. The van der Waals surface area contributed by atoms with Crippen molar-refractivity contribution in [2.45, 2.75) is 26.8 Å². The van der Waals surface area contributed by atoms with Crippen molar-refractivity contribution >= 4 is 17.3 Å². The van der Waals surface area contributed by atoms with Crippen molar-refractivity contribution in [3.8, 4) is 0 Å². The highest BCUT2D eigenvalue weighted by atomic mass is 16.2. The van der Waals surface area contributed by atoms with Crippen molar-refractivity contribution in [2.24, 2.45) is 0 Å². The minimum Gasteiger partial charge on any atom is -0.399 e. The molecule has 1 amide bonds. The van der Waals surface area contributed by atoms with Crippen molar-refractivity contribution < 1.29 is 4.79 Å². The van der Waals surface area contributed by atoms with E-state index < -0.39 is 0 Å². The molecule has 17 heavy (non-hydrogen) atoms. The molecule has 4 nitrogen and oxygen atoms in total. The molecule has 0 aromatic heterocycles. The average Bonchev–Trinajstić information content (AvgIpc) is 2.14. The summed E-state index contributed by atoms with van der Waals surface area (Å²) in [5.74, 6) is 0.0163. The SMILES string of the molecule is Cc1cc(N)cc(N(C)CC(=O)NC(C)C)c1. The molecule has 4 heteroatoms. The lowest BCUT2D eigenvalue weighted by Gasteiger charge is -2.20. The normalized spacial score (nSPS) is 10.4. The lowest BCUT2D eigenvalue weighted by atomic mass is 10.2. The Morgan fingerprint density at radius 3 is 2.59 bits per heavy atom. The molecule has 1 aromatic carbocycles. The molecular formula is C13H21N3O. The zero-order valence-electron chi connectivity index (χ0n) is 10.9. The smallest absolute Gasteiger partial charge is 0.239 e. The molecule has 94 valence electrons. The lowest BCUT2D eigenvalue weighted by Crippen LogP contribution is -2.38. The van der Waals surface area contributed by atoms with Gasteiger partial charge in [-0.25, -0.2) is 0 Å². The largest absolute Gasteiger partial charge is 0.399 e. The number of hydrogen-bond acceptors (Lipinski definition) is 3. The summed E-state index contributed by atoms with van der Waals surface area (Å²) >= 11 is 0. The number of rotatable bonds is 4. The second-order valence-electron chi connectivity index (χ2n) is 4.68. The van der Waals surface area contributed by atoms with Crippen LogP contribution in [0, 0.1) is 6.92 Å². The van der Waals surface area contributed by atoms with Gasteiger partial charge in [0.2, 0.25) is 5.91 Å². The molecule has 0 unspecified atom stereocenters. The Labute approximate surface area is 103 Å². The predicted molar refractivity (Wildman–Crippen MR) is 72.1 cm³/mol. The number of nitrogens with one attached hydrogen (secondary N) is 1. The Hall–Kier alpha value is -1.71. The maximum atomic E-state index is 11.6. The molecule has 3 N–H and O–H groups in total. The van der Waals surface area contributed by atoms with Gasteiger partial charge in [-0.1, -0.05) is 0 Å². The van der Waals surface area contributed by atoms with E-state index in [1.54, 1.807) is 0 Å². The number of benzene rings is 1. The first-order chi connectivity index (χ1) is 7.88. The van der Waals surface area contributed by atoms with Crippen LogP contribution in [0.1, 0.15) is 19.4 Å². The van der Waals surface area contributed by atoms with Crippen LogP contribution in [0.2, 0.25) is 0 Å². The molecule has 0 saturated heterocycles. The second kappa shape index (κ2) is 5.57. The number of aryl methyl sites for hydroxylation is 1. The summed E-state index contributed by atoms with van der Waals surface area (Å²) in [6.45, 7) is 6.22. The topological polar surface area (TPSA) is 58.4 Å². The molecule has 0 saturated carbocycles. The van der Waals surface area contributed by atoms with Gasteiger partial charge in [-0.3, -0.25) is 4.79 Å². The molecule has 0 bridgehead atoms. The number of nitrogens with two attached hydrogens (primary N) is 1. The maximum Gasteiger partial charge on any atom is 0.239 e. The number of carbonyl (C=O) groups excluding carboxylic acids is 1. The van der Waals surface area contributed by atoms with Gasteiger partial charge in [0.1, 0.15) is 0 Å². The third kappa shape index (κ3) is 4.34. The van der Waals surface area contributed by atoms with Crippen molar-refractivity contribution in [3.05, 3.63) is 23.8 Å². The van der Waals surface area contributed by atoms with E-state index in [0.717, 1.165) is 16.9 Å². The summed E-state index contributed by atoms with van der Waals surface area (Å²) < 4.78 is 0. The van der Waals surface area contributed by atoms with E-state index in [4.69, 9.17) is 5.73 Å². The van der Waals surface area contributed by atoms with Gasteiger partial charge in [-0.05, 0) is 44.5 Å². The summed E-state index contributed by atoms with van der Waals surface area (Å²) in [4.78, 5) is 13.5. The maximum absolute atomic E-state index is 11.6. The minimum atomic E-state index is 0.0163. The van der Waals surface area contributed by atoms with Crippen molar-refractivity contribution in [2.75, 3.05) is 24.2 Å². The molecule has 1 rings (SSSR count). The van der Waals surface area contributed by atoms with E-state index in [1.165, 1.54) is 0 Å². The van der Waals surface area contributed by atoms with Crippen LogP contribution >= 0.6 is 0 Å². The molecule has 0 fully saturated rings. The fourth-order valence-electron chi connectivity index (χ4n) is 1.69. The quantitative estimate of drug-likeness (QED) is 0.778. The van der Waals surface area contributed by atoms with Gasteiger partial charge >= 0.3 is 0 Å². The van der Waals surface area contributed by atoms with E-state index in [1.807, 2.05) is 50.9 Å². The monoisotopic (exact) mass is 235 g/mol. The van der Waals surface area contributed by atoms with Gasteiger partial charge in [0.05, 0.1) is 6.54 Å². The van der Waals surface area contributed by atoms with Crippen LogP contribution in [0.3, 0.4) is 0 Å². The summed E-state index contributed by atoms with van der Waals surface area (Å²) in [7, 11) is 1.88. The molecule has 0 aliphatic heterocycles. The molecule has 0 atom stereocenters. The second-order valence-corrected chi connectivity index (χ2v) is 4.68. The van der Waals surface area contributed by atoms with E-state index in [0.29, 0.717) is 6.54 Å². The first kappa shape index (κ1) is 13.4. The van der Waals surface area contributed by atoms with Crippen LogP contribution in [-0.4, -0.2) is 25.5 Å². The first-order valence-electron chi connectivity index (χ1n) is 5.76. The Morgan fingerprint density at radius 2 is 2.06 bits per heavy atom. The zero-order chi connectivity index (χ0) is 13.0. The first-order valence-corrected chi connectivity index (χ1v) is 5.76. The standard InChI is InChI=1S/C13H21N3O/c1-9(2)15-13(17)8-16(4)12-6-10(3)5-11(14)7-12/h5-7,9H,8,14H2,1-4H3,(H,15,17). The highest BCUT2D eigenvalue weighted by Gasteiger charge is 2.09. The predicted octanol–water partition coefficient (Wildman–Crippen LogP) is 1.54. The molecule has 0 spiro atoms. The van der Waals surface area contributed by atoms with Gasteiger partial charge in [0.25, 0.3) is 0 Å². The van der Waals surface area contributed by atoms with Gasteiger partial charge in [0, 0.05) is 24.5 Å². The highest BCUT2D eigenvalue weighted by Crippen LogP contribution is 2.18. The highest BCUT2D eigenvalue weighted by molar-refractivity contribution is 5.81. The van der Waals surface area contributed by atoms with Gasteiger partial charge < -0.3 is 16.0 Å². The lowest BCUT2D eigenvalue weighted by molar-refractivity contribution is -0.120. The van der Waals surface area contributed by atoms with E-state index in [2.05, 4.69) is 5.32 Å². The van der Waals surface area contributed by atoms with Crippen LogP contribution < -0.4 is 16.0 Å². The van der Waals surface area contributed by atoms with E-state index in [-0.39, 0.29) is 11.9 Å². The van der Waals surface area contributed by atoms with E-state index in [9.17, 15) is 4.79 Å². The number of hydrogen-bond donors (Lipinski definition) is 2. The number of nitrogen functional groups attached to an aromatic ring is 1. The Balaban J connectivity index is 2.69. The van der Waals surface area contributed by atoms with Crippen LogP contribution in [-0.2, 0) is 4.79 Å². The number of likely N-dealkylation sites (N-methyl/N-ethyl adjacent to an activating group) is 1. The fraction of sp³-hybridized carbons (Fsp3) is 0.462. The summed E-state index contributed by atoms with van der Waals surface area (Å²) in [5.41, 5.74) is 8.55. The van der Waals surface area contributed by atoms with Crippen LogP contribution in [0.5, 0.6) is 0 Å². The number of anilines is 2. The number of nitrogens with zero attached hydrogens (tertiary/aromatic N) is 1. The van der Waals surface area contributed by atoms with Gasteiger partial charge in [0.15, 0.2) is 0 Å². The fourth-order valence-corrected chi connectivity index (χ4v) is 1.69. The van der Waals surface area contributed by atoms with Crippen molar-refractivity contribution in [1.29, 1.82) is 0 Å². The Bertz CT molecular complexity index is 381. The summed E-state index contributed by atoms with van der Waals surface area (Å²) in [6.07, 6.45) is 0. The number of carbonyl (C=O) groups is 1. The van der Waals surface area contributed by atoms with E-state index >= 15 is 0 Å². The van der Waals surface area contributed by atoms with Gasteiger partial charge in [-0.2, -0.15) is 0 Å². The molecule has 0 aliphatic rings. The summed E-state index contributed by atoms with van der Waals surface area (Å²) in [6, 6.07) is 5.96. The zero-order valence-corrected chi connectivity index (χ0v) is 10.9. The minimum absolute atomic E-state index is 0.0163. The van der Waals surface area contributed by atoms with Crippen LogP contribution in [0.25, 0.3) is 0 Å².